The van der Waals surface area contributed by atoms with Gasteiger partial charge >= 0.3 is 11.9 Å². The Morgan fingerprint density at radius 2 is 1.21 bits per heavy atom. The molecule has 2 heterocycles. The third-order valence-corrected chi connectivity index (χ3v) is 4.38. The Hall–Kier alpha value is -1.14. The Bertz CT molecular complexity index is 393. The van der Waals surface area contributed by atoms with Gasteiger partial charge in [0, 0.05) is 12.8 Å². The summed E-state index contributed by atoms with van der Waals surface area (Å²) in [6.45, 7) is 8.87. The predicted octanol–water partition coefficient (Wildman–Crippen LogP) is 2.48. The van der Waals surface area contributed by atoms with Crippen LogP contribution in [0.2, 0.25) is 0 Å². The molecule has 2 saturated heterocycles. The van der Waals surface area contributed by atoms with Crippen LogP contribution in [0.3, 0.4) is 0 Å². The molecule has 0 saturated carbocycles. The molecule has 2 aliphatic heterocycles. The number of carbonyl (C=O) groups excluding carboxylic acids is 2. The monoisotopic (exact) mass is 342 g/mol. The van der Waals surface area contributed by atoms with E-state index >= 15 is 0 Å². The van der Waals surface area contributed by atoms with Gasteiger partial charge in [0.05, 0.1) is 13.2 Å². The third-order valence-electron chi connectivity index (χ3n) is 4.38. The van der Waals surface area contributed by atoms with Crippen molar-refractivity contribution in [3.05, 3.63) is 0 Å². The Kier molecular flexibility index (Phi) is 7.04. The molecule has 2 rings (SSSR count). The quantitative estimate of drug-likeness (QED) is 0.631. The summed E-state index contributed by atoms with van der Waals surface area (Å²) in [4.78, 5) is 23.8. The minimum absolute atomic E-state index is 0.223. The van der Waals surface area contributed by atoms with E-state index in [-0.39, 0.29) is 24.1 Å². The minimum Gasteiger partial charge on any atom is -0.457 e. The fraction of sp³-hybridized carbons (Fsp3) is 0.889. The zero-order chi connectivity index (χ0) is 17.7. The summed E-state index contributed by atoms with van der Waals surface area (Å²) < 4.78 is 22.3. The Labute approximate surface area is 144 Å². The molecule has 2 aliphatic rings. The molecular weight excluding hydrogens is 312 g/mol. The van der Waals surface area contributed by atoms with Gasteiger partial charge in [-0.25, -0.2) is 0 Å². The van der Waals surface area contributed by atoms with Crippen LogP contribution in [-0.4, -0.2) is 49.6 Å². The summed E-state index contributed by atoms with van der Waals surface area (Å²) in [5.74, 6) is 0.475. The smallest absolute Gasteiger partial charge is 0.306 e. The van der Waals surface area contributed by atoms with Crippen molar-refractivity contribution in [3.63, 3.8) is 0 Å². The van der Waals surface area contributed by atoms with Crippen LogP contribution in [0.5, 0.6) is 0 Å². The molecule has 24 heavy (non-hydrogen) atoms. The maximum Gasteiger partial charge on any atom is 0.306 e. The van der Waals surface area contributed by atoms with Gasteiger partial charge in [-0.15, -0.1) is 0 Å². The summed E-state index contributed by atoms with van der Waals surface area (Å²) in [6.07, 6.45) is 0.919. The maximum absolute atomic E-state index is 11.9. The molecule has 0 bridgehead atoms. The lowest BCUT2D eigenvalue weighted by molar-refractivity contribution is -0.155. The first-order chi connectivity index (χ1) is 11.4. The summed E-state index contributed by atoms with van der Waals surface area (Å²) in [5.41, 5.74) is 0. The highest BCUT2D eigenvalue weighted by Crippen LogP contribution is 2.31. The Morgan fingerprint density at radius 3 is 1.54 bits per heavy atom. The number of esters is 2. The normalized spacial score (nSPS) is 29.1. The van der Waals surface area contributed by atoms with Gasteiger partial charge in [-0.1, -0.05) is 27.7 Å². The number of fused-ring (bicyclic) bond motifs is 1. The minimum atomic E-state index is -0.408. The van der Waals surface area contributed by atoms with Gasteiger partial charge in [0.25, 0.3) is 0 Å². The van der Waals surface area contributed by atoms with Gasteiger partial charge in [-0.05, 0) is 24.7 Å². The second kappa shape index (κ2) is 8.81. The topological polar surface area (TPSA) is 71.1 Å². The van der Waals surface area contributed by atoms with Crippen molar-refractivity contribution in [3.8, 4) is 0 Å². The lowest BCUT2D eigenvalue weighted by Gasteiger charge is -2.17. The van der Waals surface area contributed by atoms with Crippen LogP contribution in [-0.2, 0) is 28.5 Å². The van der Waals surface area contributed by atoms with E-state index in [4.69, 9.17) is 18.9 Å². The number of hydrogen-bond acceptors (Lipinski definition) is 6. The van der Waals surface area contributed by atoms with Crippen molar-refractivity contribution in [2.45, 2.75) is 77.8 Å². The molecule has 6 heteroatoms. The van der Waals surface area contributed by atoms with Crippen LogP contribution >= 0.6 is 0 Å². The number of carbonyl (C=O) groups is 2. The van der Waals surface area contributed by atoms with Crippen LogP contribution in [0.25, 0.3) is 0 Å². The van der Waals surface area contributed by atoms with E-state index in [2.05, 4.69) is 27.7 Å². The molecule has 2 fully saturated rings. The fourth-order valence-electron chi connectivity index (χ4n) is 2.90. The summed E-state index contributed by atoms with van der Waals surface area (Å²) >= 11 is 0. The molecule has 0 N–H and O–H groups in total. The third kappa shape index (κ3) is 5.45. The fourth-order valence-corrected chi connectivity index (χ4v) is 2.90. The van der Waals surface area contributed by atoms with Gasteiger partial charge < -0.3 is 18.9 Å². The van der Waals surface area contributed by atoms with Crippen LogP contribution < -0.4 is 0 Å². The first-order valence-electron chi connectivity index (χ1n) is 8.99. The molecular formula is C18H30O6. The van der Waals surface area contributed by atoms with E-state index in [0.717, 1.165) is 12.8 Å². The zero-order valence-corrected chi connectivity index (χ0v) is 15.2. The predicted molar refractivity (Wildman–Crippen MR) is 87.4 cm³/mol. The van der Waals surface area contributed by atoms with E-state index in [1.807, 2.05) is 0 Å². The molecule has 0 aromatic rings. The molecule has 4 atom stereocenters. The molecule has 0 unspecified atom stereocenters. The molecule has 0 aliphatic carbocycles. The summed E-state index contributed by atoms with van der Waals surface area (Å²) in [5, 5.41) is 0. The number of rotatable bonds is 8. The van der Waals surface area contributed by atoms with Gasteiger partial charge in [-0.2, -0.15) is 0 Å². The largest absolute Gasteiger partial charge is 0.457 e. The lowest BCUT2D eigenvalue weighted by atomic mass is 10.1. The highest BCUT2D eigenvalue weighted by atomic mass is 16.7. The number of hydrogen-bond donors (Lipinski definition) is 0. The van der Waals surface area contributed by atoms with E-state index < -0.39 is 12.2 Å². The Morgan fingerprint density at radius 1 is 0.833 bits per heavy atom. The van der Waals surface area contributed by atoms with Gasteiger partial charge in [-0.3, -0.25) is 9.59 Å². The van der Waals surface area contributed by atoms with Crippen LogP contribution in [0, 0.1) is 11.8 Å². The average molecular weight is 342 g/mol. The highest BCUT2D eigenvalue weighted by Gasteiger charge is 2.51. The average Bonchev–Trinajstić information content (AvgIpc) is 3.07. The van der Waals surface area contributed by atoms with Crippen LogP contribution in [0.4, 0.5) is 0 Å². The molecule has 0 amide bonds. The van der Waals surface area contributed by atoms with E-state index in [1.54, 1.807) is 0 Å². The zero-order valence-electron chi connectivity index (χ0n) is 15.2. The first-order valence-corrected chi connectivity index (χ1v) is 8.99. The second-order valence-corrected chi connectivity index (χ2v) is 7.52. The maximum atomic E-state index is 11.9. The summed E-state index contributed by atoms with van der Waals surface area (Å²) in [6, 6.07) is 0. The molecule has 0 spiro atoms. The van der Waals surface area contributed by atoms with Crippen molar-refractivity contribution in [1.82, 2.24) is 0 Å². The van der Waals surface area contributed by atoms with E-state index in [9.17, 15) is 9.59 Å². The van der Waals surface area contributed by atoms with Gasteiger partial charge in [0.1, 0.15) is 12.2 Å². The van der Waals surface area contributed by atoms with Crippen molar-refractivity contribution < 1.29 is 28.5 Å². The molecule has 0 aromatic heterocycles. The Balaban J connectivity index is 1.77. The van der Waals surface area contributed by atoms with Crippen LogP contribution in [0.15, 0.2) is 0 Å². The van der Waals surface area contributed by atoms with Gasteiger partial charge in [0.15, 0.2) is 12.2 Å². The van der Waals surface area contributed by atoms with Crippen LogP contribution in [0.1, 0.15) is 53.4 Å². The van der Waals surface area contributed by atoms with Crippen molar-refractivity contribution in [1.29, 1.82) is 0 Å². The van der Waals surface area contributed by atoms with E-state index in [0.29, 0.717) is 37.9 Å². The summed E-state index contributed by atoms with van der Waals surface area (Å²) in [7, 11) is 0. The van der Waals surface area contributed by atoms with E-state index in [1.165, 1.54) is 0 Å². The number of ether oxygens (including phenoxy) is 4. The molecule has 0 radical (unpaired) electrons. The molecule has 6 nitrogen and oxygen atoms in total. The SMILES string of the molecule is CC(C)CCC(=O)O[C@H]1CO[C@H]2[C@@H]1OC[C@H]2OC(=O)CCC(C)C. The highest BCUT2D eigenvalue weighted by molar-refractivity contribution is 5.70. The second-order valence-electron chi connectivity index (χ2n) is 7.52. The molecule has 138 valence electrons. The molecule has 0 aromatic carbocycles. The van der Waals surface area contributed by atoms with Crippen molar-refractivity contribution >= 4 is 11.9 Å². The first kappa shape index (κ1) is 19.2. The van der Waals surface area contributed by atoms with Gasteiger partial charge in [0.2, 0.25) is 0 Å². The van der Waals surface area contributed by atoms with Crippen molar-refractivity contribution in [2.24, 2.45) is 11.8 Å². The van der Waals surface area contributed by atoms with Crippen molar-refractivity contribution in [2.75, 3.05) is 13.2 Å². The lowest BCUT2D eigenvalue weighted by Crippen LogP contribution is -2.36. The standard InChI is InChI=1S/C18H30O6/c1-11(2)5-7-15(19)23-13-9-21-18-14(10-22-17(13)18)24-16(20)8-6-12(3)4/h11-14,17-18H,5-10H2,1-4H3/t13-,14+,17-,18-/m1/s1.